The Kier molecular flexibility index (Phi) is 3.76. The van der Waals surface area contributed by atoms with E-state index >= 15 is 0 Å². The normalized spacial score (nSPS) is 9.89. The number of hydrogen-bond acceptors (Lipinski definition) is 2. The van der Waals surface area contributed by atoms with Crippen LogP contribution in [0.4, 0.5) is 0 Å². The van der Waals surface area contributed by atoms with Gasteiger partial charge in [-0.05, 0) is 42.8 Å². The predicted octanol–water partition coefficient (Wildman–Crippen LogP) is 4.97. The SMILES string of the molecule is Cc1cc(Oc2ccc(C#N)c(Cl)c2)ccc1Cl. The Balaban J connectivity index is 2.26. The van der Waals surface area contributed by atoms with Crippen molar-refractivity contribution in [2.24, 2.45) is 0 Å². The first-order valence-corrected chi connectivity index (χ1v) is 5.99. The predicted molar refractivity (Wildman–Crippen MR) is 72.4 cm³/mol. The highest BCUT2D eigenvalue weighted by Gasteiger charge is 2.04. The average Bonchev–Trinajstić information content (AvgIpc) is 2.34. The molecule has 0 aromatic heterocycles. The van der Waals surface area contributed by atoms with Crippen molar-refractivity contribution in [1.29, 1.82) is 5.26 Å². The summed E-state index contributed by atoms with van der Waals surface area (Å²) < 4.78 is 5.64. The molecule has 0 aliphatic carbocycles. The summed E-state index contributed by atoms with van der Waals surface area (Å²) in [6.07, 6.45) is 0. The van der Waals surface area contributed by atoms with Crippen LogP contribution in [0.3, 0.4) is 0 Å². The van der Waals surface area contributed by atoms with E-state index in [1.807, 2.05) is 19.1 Å². The van der Waals surface area contributed by atoms with Crippen molar-refractivity contribution in [3.8, 4) is 17.6 Å². The second-order valence-electron chi connectivity index (χ2n) is 3.77. The number of aryl methyl sites for hydroxylation is 1. The minimum atomic E-state index is 0.376. The third-order valence-corrected chi connectivity index (χ3v) is 3.16. The highest BCUT2D eigenvalue weighted by atomic mass is 35.5. The zero-order valence-electron chi connectivity index (χ0n) is 9.58. The van der Waals surface area contributed by atoms with Gasteiger partial charge in [0, 0.05) is 11.1 Å². The van der Waals surface area contributed by atoms with Crippen molar-refractivity contribution in [1.82, 2.24) is 0 Å². The lowest BCUT2D eigenvalue weighted by molar-refractivity contribution is 0.482. The summed E-state index contributed by atoms with van der Waals surface area (Å²) in [6, 6.07) is 12.3. The van der Waals surface area contributed by atoms with Crippen LogP contribution in [0.25, 0.3) is 0 Å². The highest BCUT2D eigenvalue weighted by Crippen LogP contribution is 2.28. The molecule has 0 atom stereocenters. The second-order valence-corrected chi connectivity index (χ2v) is 4.58. The van der Waals surface area contributed by atoms with Crippen LogP contribution in [-0.2, 0) is 0 Å². The van der Waals surface area contributed by atoms with Gasteiger partial charge in [-0.1, -0.05) is 23.2 Å². The van der Waals surface area contributed by atoms with Crippen LogP contribution in [0.2, 0.25) is 10.0 Å². The molecule has 90 valence electrons. The fourth-order valence-electron chi connectivity index (χ4n) is 1.47. The molecule has 0 aliphatic heterocycles. The number of benzene rings is 2. The van der Waals surface area contributed by atoms with Crippen LogP contribution in [0.1, 0.15) is 11.1 Å². The van der Waals surface area contributed by atoms with E-state index in [0.717, 1.165) is 5.56 Å². The standard InChI is InChI=1S/C14H9Cl2NO/c1-9-6-11(4-5-13(9)15)18-12-3-2-10(8-17)14(16)7-12/h2-7H,1H3. The lowest BCUT2D eigenvalue weighted by Gasteiger charge is -2.08. The summed E-state index contributed by atoms with van der Waals surface area (Å²) in [5.74, 6) is 1.26. The van der Waals surface area contributed by atoms with Gasteiger partial charge in [-0.2, -0.15) is 5.26 Å². The second kappa shape index (κ2) is 5.30. The van der Waals surface area contributed by atoms with Crippen LogP contribution in [-0.4, -0.2) is 0 Å². The Morgan fingerprint density at radius 2 is 1.67 bits per heavy atom. The first-order valence-electron chi connectivity index (χ1n) is 5.24. The summed E-state index contributed by atoms with van der Waals surface area (Å²) in [7, 11) is 0. The van der Waals surface area contributed by atoms with Gasteiger partial charge in [0.1, 0.15) is 17.6 Å². The third-order valence-electron chi connectivity index (χ3n) is 2.43. The highest BCUT2D eigenvalue weighted by molar-refractivity contribution is 6.32. The van der Waals surface area contributed by atoms with E-state index in [-0.39, 0.29) is 0 Å². The summed E-state index contributed by atoms with van der Waals surface area (Å²) in [4.78, 5) is 0. The zero-order chi connectivity index (χ0) is 13.1. The molecule has 4 heteroatoms. The lowest BCUT2D eigenvalue weighted by atomic mass is 10.2. The molecule has 0 bridgehead atoms. The van der Waals surface area contributed by atoms with E-state index in [4.69, 9.17) is 33.2 Å². The van der Waals surface area contributed by atoms with E-state index in [1.54, 1.807) is 30.3 Å². The molecule has 0 spiro atoms. The molecular formula is C14H9Cl2NO. The molecule has 0 amide bonds. The first-order chi connectivity index (χ1) is 8.60. The van der Waals surface area contributed by atoms with E-state index in [9.17, 15) is 0 Å². The van der Waals surface area contributed by atoms with Crippen LogP contribution in [0, 0.1) is 18.3 Å². The number of hydrogen-bond donors (Lipinski definition) is 0. The van der Waals surface area contributed by atoms with Crippen molar-refractivity contribution in [2.75, 3.05) is 0 Å². The van der Waals surface area contributed by atoms with Crippen molar-refractivity contribution < 1.29 is 4.74 Å². The van der Waals surface area contributed by atoms with Crippen LogP contribution in [0.15, 0.2) is 36.4 Å². The molecule has 0 unspecified atom stereocenters. The van der Waals surface area contributed by atoms with Gasteiger partial charge in [0.25, 0.3) is 0 Å². The van der Waals surface area contributed by atoms with Crippen LogP contribution >= 0.6 is 23.2 Å². The molecular weight excluding hydrogens is 269 g/mol. The number of rotatable bonds is 2. The zero-order valence-corrected chi connectivity index (χ0v) is 11.1. The Labute approximate surface area is 115 Å². The Bertz CT molecular complexity index is 632. The van der Waals surface area contributed by atoms with Crippen molar-refractivity contribution in [2.45, 2.75) is 6.92 Å². The number of nitriles is 1. The minimum Gasteiger partial charge on any atom is -0.457 e. The average molecular weight is 278 g/mol. The first kappa shape index (κ1) is 12.8. The summed E-state index contributed by atoms with van der Waals surface area (Å²) in [6.45, 7) is 1.90. The van der Waals surface area contributed by atoms with Gasteiger partial charge >= 0.3 is 0 Å². The topological polar surface area (TPSA) is 33.0 Å². The molecule has 0 aliphatic rings. The maximum absolute atomic E-state index is 8.78. The number of nitrogens with zero attached hydrogens (tertiary/aromatic N) is 1. The fourth-order valence-corrected chi connectivity index (χ4v) is 1.80. The van der Waals surface area contributed by atoms with Crippen LogP contribution in [0.5, 0.6) is 11.5 Å². The molecule has 18 heavy (non-hydrogen) atoms. The van der Waals surface area contributed by atoms with Crippen molar-refractivity contribution >= 4 is 23.2 Å². The summed E-state index contributed by atoms with van der Waals surface area (Å²) in [5.41, 5.74) is 1.37. The van der Waals surface area contributed by atoms with Gasteiger partial charge in [-0.25, -0.2) is 0 Å². The van der Waals surface area contributed by atoms with E-state index < -0.39 is 0 Å². The lowest BCUT2D eigenvalue weighted by Crippen LogP contribution is -1.86. The summed E-state index contributed by atoms with van der Waals surface area (Å²) >= 11 is 11.9. The Morgan fingerprint density at radius 1 is 1.00 bits per heavy atom. The Morgan fingerprint density at radius 3 is 2.28 bits per heavy atom. The molecule has 2 rings (SSSR count). The molecule has 2 aromatic rings. The minimum absolute atomic E-state index is 0.376. The summed E-state index contributed by atoms with van der Waals surface area (Å²) in [5, 5.41) is 9.85. The smallest absolute Gasteiger partial charge is 0.129 e. The molecule has 0 radical (unpaired) electrons. The fraction of sp³-hybridized carbons (Fsp3) is 0.0714. The van der Waals surface area contributed by atoms with E-state index in [1.165, 1.54) is 0 Å². The van der Waals surface area contributed by atoms with Crippen LogP contribution < -0.4 is 4.74 Å². The van der Waals surface area contributed by atoms with Gasteiger partial charge in [-0.3, -0.25) is 0 Å². The van der Waals surface area contributed by atoms with Crippen molar-refractivity contribution in [3.05, 3.63) is 57.6 Å². The quantitative estimate of drug-likeness (QED) is 0.777. The van der Waals surface area contributed by atoms with Gasteiger partial charge in [0.2, 0.25) is 0 Å². The van der Waals surface area contributed by atoms with Gasteiger partial charge in [0.15, 0.2) is 0 Å². The van der Waals surface area contributed by atoms with Gasteiger partial charge in [-0.15, -0.1) is 0 Å². The molecule has 0 N–H and O–H groups in total. The maximum Gasteiger partial charge on any atom is 0.129 e. The molecule has 0 saturated heterocycles. The van der Waals surface area contributed by atoms with E-state index in [0.29, 0.717) is 27.1 Å². The molecule has 2 aromatic carbocycles. The number of ether oxygens (including phenoxy) is 1. The largest absolute Gasteiger partial charge is 0.457 e. The van der Waals surface area contributed by atoms with Gasteiger partial charge in [0.05, 0.1) is 10.6 Å². The molecule has 0 heterocycles. The third kappa shape index (κ3) is 2.76. The van der Waals surface area contributed by atoms with Crippen molar-refractivity contribution in [3.63, 3.8) is 0 Å². The monoisotopic (exact) mass is 277 g/mol. The van der Waals surface area contributed by atoms with E-state index in [2.05, 4.69) is 0 Å². The molecule has 2 nitrogen and oxygen atoms in total. The Hall–Kier alpha value is -1.69. The van der Waals surface area contributed by atoms with Gasteiger partial charge < -0.3 is 4.74 Å². The molecule has 0 fully saturated rings. The molecule has 0 saturated carbocycles. The number of halogens is 2. The maximum atomic E-state index is 8.78.